The molecule has 0 spiro atoms. The second kappa shape index (κ2) is 6.70. The van der Waals surface area contributed by atoms with Crippen molar-refractivity contribution in [3.8, 4) is 0 Å². The van der Waals surface area contributed by atoms with E-state index in [0.717, 1.165) is 0 Å². The van der Waals surface area contributed by atoms with Crippen molar-refractivity contribution in [2.45, 2.75) is 6.54 Å². The van der Waals surface area contributed by atoms with Crippen molar-refractivity contribution in [3.63, 3.8) is 0 Å². The molecule has 0 aliphatic carbocycles. The summed E-state index contributed by atoms with van der Waals surface area (Å²) in [5, 5.41) is 3.91. The lowest BCUT2D eigenvalue weighted by Crippen LogP contribution is -2.35. The van der Waals surface area contributed by atoms with Crippen molar-refractivity contribution in [3.05, 3.63) is 12.2 Å². The van der Waals surface area contributed by atoms with E-state index in [1.54, 1.807) is 16.6 Å². The molecule has 0 N–H and O–H groups in total. The molecule has 0 fully saturated rings. The van der Waals surface area contributed by atoms with Gasteiger partial charge in [-0.2, -0.15) is 5.10 Å². The number of aromatic nitrogens is 3. The molecule has 1 heterocycles. The topological polar surface area (TPSA) is 86.6 Å². The van der Waals surface area contributed by atoms with Crippen LogP contribution in [0.15, 0.2) is 6.33 Å². The van der Waals surface area contributed by atoms with Crippen LogP contribution in [0.2, 0.25) is 0 Å². The first-order valence-electron chi connectivity index (χ1n) is 5.25. The number of methoxy groups -OCH3 is 2. The van der Waals surface area contributed by atoms with Crippen LogP contribution in [0.3, 0.4) is 0 Å². The van der Waals surface area contributed by atoms with Crippen LogP contribution in [0.25, 0.3) is 0 Å². The monoisotopic (exact) mass is 256 g/mol. The Balaban J connectivity index is 2.67. The molecular weight excluding hydrogens is 240 g/mol. The van der Waals surface area contributed by atoms with E-state index in [4.69, 9.17) is 0 Å². The maximum Gasteiger partial charge on any atom is 0.319 e. The molecule has 0 radical (unpaired) electrons. The molecule has 0 saturated heterocycles. The van der Waals surface area contributed by atoms with Crippen LogP contribution in [-0.2, 0) is 32.7 Å². The summed E-state index contributed by atoms with van der Waals surface area (Å²) in [6.07, 6.45) is 1.41. The Bertz CT molecular complexity index is 400. The van der Waals surface area contributed by atoms with Gasteiger partial charge in [-0.05, 0) is 0 Å². The molecule has 1 aromatic heterocycles. The zero-order valence-electron chi connectivity index (χ0n) is 10.6. The van der Waals surface area contributed by atoms with Crippen LogP contribution in [0.1, 0.15) is 5.82 Å². The van der Waals surface area contributed by atoms with Gasteiger partial charge in [0.2, 0.25) is 0 Å². The van der Waals surface area contributed by atoms with E-state index in [9.17, 15) is 9.59 Å². The van der Waals surface area contributed by atoms with Gasteiger partial charge in [-0.1, -0.05) is 0 Å². The molecule has 1 aromatic rings. The normalized spacial score (nSPS) is 10.4. The van der Waals surface area contributed by atoms with Crippen molar-refractivity contribution in [1.82, 2.24) is 19.7 Å². The number of aryl methyl sites for hydroxylation is 1. The van der Waals surface area contributed by atoms with Gasteiger partial charge in [0, 0.05) is 7.05 Å². The fourth-order valence-corrected chi connectivity index (χ4v) is 1.33. The Morgan fingerprint density at radius 2 is 1.83 bits per heavy atom. The first-order chi connectivity index (χ1) is 8.56. The first kappa shape index (κ1) is 14.1. The average molecular weight is 256 g/mol. The molecule has 0 unspecified atom stereocenters. The lowest BCUT2D eigenvalue weighted by Gasteiger charge is -2.18. The summed E-state index contributed by atoms with van der Waals surface area (Å²) in [6, 6.07) is 0. The molecule has 0 atom stereocenters. The summed E-state index contributed by atoms with van der Waals surface area (Å²) < 4.78 is 10.7. The van der Waals surface area contributed by atoms with E-state index in [2.05, 4.69) is 19.6 Å². The van der Waals surface area contributed by atoms with Crippen LogP contribution in [0.4, 0.5) is 0 Å². The smallest absolute Gasteiger partial charge is 0.319 e. The van der Waals surface area contributed by atoms with Crippen molar-refractivity contribution in [2.75, 3.05) is 27.3 Å². The molecule has 0 aliphatic heterocycles. The van der Waals surface area contributed by atoms with E-state index >= 15 is 0 Å². The Morgan fingerprint density at radius 3 is 2.22 bits per heavy atom. The van der Waals surface area contributed by atoms with E-state index in [1.807, 2.05) is 0 Å². The maximum absolute atomic E-state index is 11.2. The number of nitrogens with zero attached hydrogens (tertiary/aromatic N) is 4. The highest BCUT2D eigenvalue weighted by atomic mass is 16.5. The largest absolute Gasteiger partial charge is 0.468 e. The molecule has 18 heavy (non-hydrogen) atoms. The van der Waals surface area contributed by atoms with E-state index < -0.39 is 11.9 Å². The van der Waals surface area contributed by atoms with Crippen molar-refractivity contribution < 1.29 is 19.1 Å². The van der Waals surface area contributed by atoms with Gasteiger partial charge in [-0.3, -0.25) is 19.2 Å². The standard InChI is InChI=1S/C10H16N4O4/c1-13-8(11-7-12-13)4-14(5-9(15)17-2)6-10(16)18-3/h7H,4-6H2,1-3H3. The molecule has 100 valence electrons. The zero-order chi connectivity index (χ0) is 13.5. The van der Waals surface area contributed by atoms with Gasteiger partial charge in [0.25, 0.3) is 0 Å². The summed E-state index contributed by atoms with van der Waals surface area (Å²) >= 11 is 0. The van der Waals surface area contributed by atoms with Gasteiger partial charge in [0.1, 0.15) is 12.2 Å². The van der Waals surface area contributed by atoms with E-state index in [1.165, 1.54) is 20.5 Å². The number of ether oxygens (including phenoxy) is 2. The summed E-state index contributed by atoms with van der Waals surface area (Å²) in [4.78, 5) is 28.1. The van der Waals surface area contributed by atoms with Gasteiger partial charge in [0.05, 0.1) is 33.9 Å². The Hall–Kier alpha value is -1.96. The highest BCUT2D eigenvalue weighted by molar-refractivity contribution is 5.74. The number of carbonyl (C=O) groups excluding carboxylic acids is 2. The van der Waals surface area contributed by atoms with Gasteiger partial charge >= 0.3 is 11.9 Å². The number of carbonyl (C=O) groups is 2. The Morgan fingerprint density at radius 1 is 1.28 bits per heavy atom. The number of esters is 2. The van der Waals surface area contributed by atoms with Crippen molar-refractivity contribution in [2.24, 2.45) is 7.05 Å². The van der Waals surface area contributed by atoms with Crippen LogP contribution in [-0.4, -0.2) is 58.9 Å². The second-order valence-electron chi connectivity index (χ2n) is 3.60. The summed E-state index contributed by atoms with van der Waals surface area (Å²) in [6.45, 7) is 0.275. The minimum Gasteiger partial charge on any atom is -0.468 e. The summed E-state index contributed by atoms with van der Waals surface area (Å²) in [5.74, 6) is -0.218. The molecule has 0 aliphatic rings. The highest BCUT2D eigenvalue weighted by Gasteiger charge is 2.17. The number of rotatable bonds is 6. The minimum absolute atomic E-state index is 0.0154. The molecule has 8 heteroatoms. The fourth-order valence-electron chi connectivity index (χ4n) is 1.33. The minimum atomic E-state index is -0.430. The lowest BCUT2D eigenvalue weighted by atomic mass is 10.4. The van der Waals surface area contributed by atoms with Crippen LogP contribution in [0.5, 0.6) is 0 Å². The average Bonchev–Trinajstić information content (AvgIpc) is 2.74. The predicted molar refractivity (Wildman–Crippen MR) is 60.3 cm³/mol. The number of hydrogen-bond donors (Lipinski definition) is 0. The predicted octanol–water partition coefficient (Wildman–Crippen LogP) is -1.04. The van der Waals surface area contributed by atoms with Crippen LogP contribution >= 0.6 is 0 Å². The summed E-state index contributed by atoms with van der Waals surface area (Å²) in [7, 11) is 4.32. The molecule has 1 rings (SSSR count). The van der Waals surface area contributed by atoms with Gasteiger partial charge < -0.3 is 9.47 Å². The highest BCUT2D eigenvalue weighted by Crippen LogP contribution is 2.00. The van der Waals surface area contributed by atoms with E-state index in [0.29, 0.717) is 12.4 Å². The summed E-state index contributed by atoms with van der Waals surface area (Å²) in [5.41, 5.74) is 0. The van der Waals surface area contributed by atoms with Crippen molar-refractivity contribution in [1.29, 1.82) is 0 Å². The molecule has 0 amide bonds. The Labute approximate surface area is 104 Å². The Kier molecular flexibility index (Phi) is 5.25. The first-order valence-corrected chi connectivity index (χ1v) is 5.25. The third-order valence-corrected chi connectivity index (χ3v) is 2.33. The quantitative estimate of drug-likeness (QED) is 0.601. The molecular formula is C10H16N4O4. The van der Waals surface area contributed by atoms with Gasteiger partial charge in [0.15, 0.2) is 0 Å². The lowest BCUT2D eigenvalue weighted by molar-refractivity contribution is -0.145. The van der Waals surface area contributed by atoms with Gasteiger partial charge in [-0.15, -0.1) is 0 Å². The van der Waals surface area contributed by atoms with Crippen LogP contribution < -0.4 is 0 Å². The van der Waals surface area contributed by atoms with E-state index in [-0.39, 0.29) is 13.1 Å². The molecule has 0 saturated carbocycles. The van der Waals surface area contributed by atoms with Crippen molar-refractivity contribution >= 4 is 11.9 Å². The molecule has 8 nitrogen and oxygen atoms in total. The third kappa shape index (κ3) is 4.13. The molecule has 0 aromatic carbocycles. The maximum atomic E-state index is 11.2. The zero-order valence-corrected chi connectivity index (χ0v) is 10.6. The van der Waals surface area contributed by atoms with Gasteiger partial charge in [-0.25, -0.2) is 4.98 Å². The fraction of sp³-hybridized carbons (Fsp3) is 0.600. The number of hydrogen-bond acceptors (Lipinski definition) is 7. The second-order valence-corrected chi connectivity index (χ2v) is 3.60. The third-order valence-electron chi connectivity index (χ3n) is 2.33. The van der Waals surface area contributed by atoms with Crippen LogP contribution in [0, 0.1) is 0 Å². The SMILES string of the molecule is COC(=O)CN(CC(=O)OC)Cc1ncnn1C. The molecule has 0 bridgehead atoms.